The summed E-state index contributed by atoms with van der Waals surface area (Å²) < 4.78 is 0. The smallest absolute Gasteiger partial charge is 0.140 e. The van der Waals surface area contributed by atoms with Gasteiger partial charge >= 0.3 is 0 Å². The van der Waals surface area contributed by atoms with Gasteiger partial charge in [-0.1, -0.05) is 23.7 Å². The van der Waals surface area contributed by atoms with Gasteiger partial charge in [0.1, 0.15) is 11.8 Å². The van der Waals surface area contributed by atoms with Crippen molar-refractivity contribution in [2.75, 3.05) is 11.9 Å². The largest absolute Gasteiger partial charge is 0.387 e. The molecule has 0 bridgehead atoms. The molecule has 1 aromatic carbocycles. The first-order chi connectivity index (χ1) is 9.19. The number of aliphatic hydroxyl groups excluding tert-OH is 1. The highest BCUT2D eigenvalue weighted by Gasteiger charge is 2.07. The number of halogens is 1. The number of aliphatic hydroxyl groups is 1. The highest BCUT2D eigenvalue weighted by molar-refractivity contribution is 6.30. The summed E-state index contributed by atoms with van der Waals surface area (Å²) >= 11 is 5.79. The fraction of sp³-hybridized carbons (Fsp3) is 0.143. The van der Waals surface area contributed by atoms with Crippen molar-refractivity contribution in [2.24, 2.45) is 0 Å². The van der Waals surface area contributed by atoms with Crippen molar-refractivity contribution < 1.29 is 5.11 Å². The van der Waals surface area contributed by atoms with Crippen LogP contribution in [-0.2, 0) is 0 Å². The van der Waals surface area contributed by atoms with Crippen LogP contribution in [0.5, 0.6) is 0 Å². The third-order valence-corrected chi connectivity index (χ3v) is 2.88. The second-order valence-electron chi connectivity index (χ2n) is 3.99. The molecule has 19 heavy (non-hydrogen) atoms. The molecule has 1 aromatic heterocycles. The highest BCUT2D eigenvalue weighted by atomic mass is 35.5. The number of nitrogens with zero attached hydrogens (tertiary/aromatic N) is 2. The van der Waals surface area contributed by atoms with Crippen LogP contribution in [0.15, 0.2) is 42.6 Å². The lowest BCUT2D eigenvalue weighted by Gasteiger charge is -2.13. The second kappa shape index (κ2) is 6.19. The summed E-state index contributed by atoms with van der Waals surface area (Å²) in [6, 6.07) is 12.4. The first-order valence-electron chi connectivity index (χ1n) is 5.72. The molecule has 0 aliphatic rings. The Kier molecular flexibility index (Phi) is 4.35. The summed E-state index contributed by atoms with van der Waals surface area (Å²) in [7, 11) is 0. The molecule has 0 saturated carbocycles. The molecular weight excluding hydrogens is 262 g/mol. The average Bonchev–Trinajstić information content (AvgIpc) is 2.46. The summed E-state index contributed by atoms with van der Waals surface area (Å²) in [6.07, 6.45) is 0.931. The molecule has 0 aliphatic carbocycles. The predicted molar refractivity (Wildman–Crippen MR) is 73.9 cm³/mol. The van der Waals surface area contributed by atoms with Gasteiger partial charge < -0.3 is 10.4 Å². The fourth-order valence-electron chi connectivity index (χ4n) is 1.58. The number of hydrogen-bond acceptors (Lipinski definition) is 4. The lowest BCUT2D eigenvalue weighted by molar-refractivity contribution is 0.191. The number of nitriles is 1. The van der Waals surface area contributed by atoms with Gasteiger partial charge in [0.15, 0.2) is 0 Å². The van der Waals surface area contributed by atoms with E-state index in [2.05, 4.69) is 10.3 Å². The van der Waals surface area contributed by atoms with Crippen LogP contribution < -0.4 is 5.32 Å². The Morgan fingerprint density at radius 3 is 2.58 bits per heavy atom. The first kappa shape index (κ1) is 13.3. The summed E-state index contributed by atoms with van der Waals surface area (Å²) in [5.41, 5.74) is 1.91. The van der Waals surface area contributed by atoms with Crippen LogP contribution in [0.1, 0.15) is 17.4 Å². The number of anilines is 1. The lowest BCUT2D eigenvalue weighted by atomic mass is 10.1. The Morgan fingerprint density at radius 2 is 2.00 bits per heavy atom. The van der Waals surface area contributed by atoms with E-state index in [4.69, 9.17) is 16.9 Å². The molecule has 2 rings (SSSR count). The monoisotopic (exact) mass is 273 g/mol. The quantitative estimate of drug-likeness (QED) is 0.899. The summed E-state index contributed by atoms with van der Waals surface area (Å²) in [5, 5.41) is 22.3. The molecular formula is C14H12ClN3O. The summed E-state index contributed by atoms with van der Waals surface area (Å²) in [4.78, 5) is 3.94. The SMILES string of the molecule is N#Cc1ccc(NCC(O)c2ccc(Cl)cc2)cn1. The van der Waals surface area contributed by atoms with Crippen LogP contribution in [0, 0.1) is 11.3 Å². The van der Waals surface area contributed by atoms with Crippen LogP contribution >= 0.6 is 11.6 Å². The van der Waals surface area contributed by atoms with E-state index in [1.54, 1.807) is 42.6 Å². The van der Waals surface area contributed by atoms with Crippen molar-refractivity contribution in [3.8, 4) is 6.07 Å². The molecule has 0 radical (unpaired) electrons. The van der Waals surface area contributed by atoms with Gasteiger partial charge in [0, 0.05) is 11.6 Å². The molecule has 96 valence electrons. The van der Waals surface area contributed by atoms with Crippen molar-refractivity contribution in [2.45, 2.75) is 6.10 Å². The third-order valence-electron chi connectivity index (χ3n) is 2.63. The number of hydrogen-bond donors (Lipinski definition) is 2. The molecule has 0 saturated heterocycles. The second-order valence-corrected chi connectivity index (χ2v) is 4.43. The van der Waals surface area contributed by atoms with Crippen LogP contribution in [-0.4, -0.2) is 16.6 Å². The van der Waals surface area contributed by atoms with Crippen molar-refractivity contribution in [1.82, 2.24) is 4.98 Å². The zero-order valence-corrected chi connectivity index (χ0v) is 10.8. The van der Waals surface area contributed by atoms with E-state index in [9.17, 15) is 5.11 Å². The van der Waals surface area contributed by atoms with Crippen molar-refractivity contribution in [3.63, 3.8) is 0 Å². The Morgan fingerprint density at radius 1 is 1.26 bits per heavy atom. The molecule has 0 aliphatic heterocycles. The number of benzene rings is 1. The van der Waals surface area contributed by atoms with Crippen molar-refractivity contribution in [3.05, 3.63) is 58.9 Å². The van der Waals surface area contributed by atoms with Gasteiger partial charge in [-0.15, -0.1) is 0 Å². The molecule has 5 heteroatoms. The number of aromatic nitrogens is 1. The lowest BCUT2D eigenvalue weighted by Crippen LogP contribution is -2.12. The van der Waals surface area contributed by atoms with Gasteiger partial charge in [-0.2, -0.15) is 5.26 Å². The maximum atomic E-state index is 10.00. The molecule has 2 N–H and O–H groups in total. The standard InChI is InChI=1S/C14H12ClN3O/c15-11-3-1-10(2-4-11)14(19)9-18-13-6-5-12(7-16)17-8-13/h1-6,8,14,18-19H,9H2. The van der Waals surface area contributed by atoms with Crippen LogP contribution in [0.25, 0.3) is 0 Å². The summed E-state index contributed by atoms with van der Waals surface area (Å²) in [6.45, 7) is 0.356. The molecule has 1 heterocycles. The molecule has 1 atom stereocenters. The zero-order valence-electron chi connectivity index (χ0n) is 10.0. The molecule has 0 amide bonds. The van der Waals surface area contributed by atoms with Gasteiger partial charge in [-0.3, -0.25) is 0 Å². The Hall–Kier alpha value is -2.09. The molecule has 2 aromatic rings. The van der Waals surface area contributed by atoms with Crippen LogP contribution in [0.2, 0.25) is 5.02 Å². The van der Waals surface area contributed by atoms with E-state index in [1.165, 1.54) is 0 Å². The average molecular weight is 274 g/mol. The minimum atomic E-state index is -0.632. The van der Waals surface area contributed by atoms with Crippen molar-refractivity contribution in [1.29, 1.82) is 5.26 Å². The van der Waals surface area contributed by atoms with Gasteiger partial charge in [-0.05, 0) is 29.8 Å². The normalized spacial score (nSPS) is 11.6. The van der Waals surface area contributed by atoms with E-state index in [1.807, 2.05) is 6.07 Å². The maximum Gasteiger partial charge on any atom is 0.140 e. The molecule has 0 spiro atoms. The predicted octanol–water partition coefficient (Wildman–Crippen LogP) is 2.75. The summed E-state index contributed by atoms with van der Waals surface area (Å²) in [5.74, 6) is 0. The highest BCUT2D eigenvalue weighted by Crippen LogP contribution is 2.17. The number of pyridine rings is 1. The topological polar surface area (TPSA) is 68.9 Å². The van der Waals surface area contributed by atoms with E-state index >= 15 is 0 Å². The first-order valence-corrected chi connectivity index (χ1v) is 6.10. The Balaban J connectivity index is 1.94. The molecule has 0 fully saturated rings. The maximum absolute atomic E-state index is 10.00. The number of rotatable bonds is 4. The molecule has 4 nitrogen and oxygen atoms in total. The van der Waals surface area contributed by atoms with E-state index in [0.717, 1.165) is 11.3 Å². The van der Waals surface area contributed by atoms with Crippen LogP contribution in [0.4, 0.5) is 5.69 Å². The van der Waals surface area contributed by atoms with Crippen molar-refractivity contribution >= 4 is 17.3 Å². The van der Waals surface area contributed by atoms with E-state index in [0.29, 0.717) is 17.3 Å². The van der Waals surface area contributed by atoms with Gasteiger partial charge in [0.05, 0.1) is 18.0 Å². The number of nitrogens with one attached hydrogen (secondary N) is 1. The van der Waals surface area contributed by atoms with Crippen LogP contribution in [0.3, 0.4) is 0 Å². The van der Waals surface area contributed by atoms with Gasteiger partial charge in [0.25, 0.3) is 0 Å². The van der Waals surface area contributed by atoms with E-state index < -0.39 is 6.10 Å². The molecule has 1 unspecified atom stereocenters. The Bertz CT molecular complexity index is 575. The van der Waals surface area contributed by atoms with Gasteiger partial charge in [-0.25, -0.2) is 4.98 Å². The van der Waals surface area contributed by atoms with E-state index in [-0.39, 0.29) is 0 Å². The fourth-order valence-corrected chi connectivity index (χ4v) is 1.71. The minimum absolute atomic E-state index is 0.356. The minimum Gasteiger partial charge on any atom is -0.387 e. The zero-order chi connectivity index (χ0) is 13.7. The third kappa shape index (κ3) is 3.68. The Labute approximate surface area is 116 Å². The van der Waals surface area contributed by atoms with Gasteiger partial charge in [0.2, 0.25) is 0 Å².